The Kier molecular flexibility index (Phi) is 6.73. The smallest absolute Gasteiger partial charge is 0.0406 e. The van der Waals surface area contributed by atoms with Crippen LogP contribution in [-0.2, 0) is 0 Å². The first-order valence-corrected chi connectivity index (χ1v) is 7.38. The zero-order valence-electron chi connectivity index (χ0n) is 12.0. The maximum absolute atomic E-state index is 5.90. The number of nitrogens with one attached hydrogen (secondary N) is 1. The van der Waals surface area contributed by atoms with Crippen LogP contribution in [-0.4, -0.2) is 6.04 Å². The van der Waals surface area contributed by atoms with E-state index in [2.05, 4.69) is 45.1 Å². The number of halogens is 1. The van der Waals surface area contributed by atoms with Gasteiger partial charge < -0.3 is 5.32 Å². The molecule has 102 valence electrons. The minimum absolute atomic E-state index is 0.385. The fraction of sp³-hybridized carbons (Fsp3) is 0.625. The molecule has 0 aliphatic heterocycles. The molecule has 0 aromatic heterocycles. The fourth-order valence-corrected chi connectivity index (χ4v) is 2.32. The average molecular weight is 268 g/mol. The molecule has 1 aromatic carbocycles. The van der Waals surface area contributed by atoms with Crippen LogP contribution in [0.25, 0.3) is 0 Å². The van der Waals surface area contributed by atoms with Crippen LogP contribution in [0, 0.1) is 5.92 Å². The van der Waals surface area contributed by atoms with E-state index in [-0.39, 0.29) is 0 Å². The second-order valence-electron chi connectivity index (χ2n) is 5.67. The van der Waals surface area contributed by atoms with Gasteiger partial charge in [0.15, 0.2) is 0 Å². The van der Waals surface area contributed by atoms with Crippen LogP contribution in [0.4, 0.5) is 0 Å². The normalized spacial score (nSPS) is 14.8. The van der Waals surface area contributed by atoms with E-state index in [1.807, 2.05) is 12.1 Å². The third-order valence-corrected chi connectivity index (χ3v) is 3.58. The van der Waals surface area contributed by atoms with Crippen molar-refractivity contribution in [3.8, 4) is 0 Å². The van der Waals surface area contributed by atoms with E-state index in [4.69, 9.17) is 11.6 Å². The Labute approximate surface area is 117 Å². The van der Waals surface area contributed by atoms with E-state index in [0.717, 1.165) is 10.9 Å². The summed E-state index contributed by atoms with van der Waals surface area (Å²) in [5, 5.41) is 4.45. The summed E-state index contributed by atoms with van der Waals surface area (Å²) >= 11 is 5.90. The molecule has 0 bridgehead atoms. The molecule has 0 aliphatic rings. The molecule has 0 saturated heterocycles. The summed E-state index contributed by atoms with van der Waals surface area (Å²) < 4.78 is 0. The van der Waals surface area contributed by atoms with Crippen LogP contribution in [0.2, 0.25) is 5.02 Å². The van der Waals surface area contributed by atoms with Gasteiger partial charge >= 0.3 is 0 Å². The summed E-state index contributed by atoms with van der Waals surface area (Å²) in [6.45, 7) is 9.05. The maximum Gasteiger partial charge on any atom is 0.0406 e. The lowest BCUT2D eigenvalue weighted by Crippen LogP contribution is -2.28. The minimum Gasteiger partial charge on any atom is -0.308 e. The van der Waals surface area contributed by atoms with Crippen molar-refractivity contribution in [1.29, 1.82) is 0 Å². The highest BCUT2D eigenvalue weighted by molar-refractivity contribution is 6.30. The number of hydrogen-bond donors (Lipinski definition) is 1. The van der Waals surface area contributed by atoms with E-state index in [1.165, 1.54) is 24.8 Å². The standard InChI is InChI=1S/C16H26ClN/c1-12(2)6-5-7-13(3)18-14(4)15-8-10-16(17)11-9-15/h8-14,18H,5-7H2,1-4H3. The van der Waals surface area contributed by atoms with Gasteiger partial charge in [-0.1, -0.05) is 50.4 Å². The molecule has 0 aliphatic carbocycles. The number of benzene rings is 1. The van der Waals surface area contributed by atoms with Gasteiger partial charge in [0.1, 0.15) is 0 Å². The summed E-state index contributed by atoms with van der Waals surface area (Å²) in [5.41, 5.74) is 1.30. The molecule has 1 N–H and O–H groups in total. The van der Waals surface area contributed by atoms with Gasteiger partial charge in [0.05, 0.1) is 0 Å². The van der Waals surface area contributed by atoms with Crippen molar-refractivity contribution in [3.05, 3.63) is 34.9 Å². The molecular formula is C16H26ClN. The Balaban J connectivity index is 2.34. The first-order valence-electron chi connectivity index (χ1n) is 7.00. The van der Waals surface area contributed by atoms with Gasteiger partial charge in [-0.2, -0.15) is 0 Å². The van der Waals surface area contributed by atoms with Gasteiger partial charge in [0.25, 0.3) is 0 Å². The minimum atomic E-state index is 0.385. The van der Waals surface area contributed by atoms with Gasteiger partial charge in [0.2, 0.25) is 0 Å². The van der Waals surface area contributed by atoms with E-state index in [9.17, 15) is 0 Å². The highest BCUT2D eigenvalue weighted by Gasteiger charge is 2.09. The number of hydrogen-bond acceptors (Lipinski definition) is 1. The summed E-state index contributed by atoms with van der Waals surface area (Å²) in [6, 6.07) is 9.06. The van der Waals surface area contributed by atoms with Gasteiger partial charge in [-0.25, -0.2) is 0 Å². The van der Waals surface area contributed by atoms with Crippen molar-refractivity contribution in [2.45, 2.75) is 59.0 Å². The van der Waals surface area contributed by atoms with Crippen molar-refractivity contribution in [2.75, 3.05) is 0 Å². The molecule has 1 nitrogen and oxygen atoms in total. The first kappa shape index (κ1) is 15.5. The third kappa shape index (κ3) is 5.88. The maximum atomic E-state index is 5.90. The van der Waals surface area contributed by atoms with E-state index >= 15 is 0 Å². The van der Waals surface area contributed by atoms with E-state index in [0.29, 0.717) is 12.1 Å². The van der Waals surface area contributed by atoms with Crippen LogP contribution in [0.3, 0.4) is 0 Å². The van der Waals surface area contributed by atoms with Crippen LogP contribution in [0.15, 0.2) is 24.3 Å². The molecule has 1 aromatic rings. The average Bonchev–Trinajstić information content (AvgIpc) is 2.29. The van der Waals surface area contributed by atoms with Crippen LogP contribution in [0.5, 0.6) is 0 Å². The fourth-order valence-electron chi connectivity index (χ4n) is 2.19. The Morgan fingerprint density at radius 2 is 1.61 bits per heavy atom. The second kappa shape index (κ2) is 7.81. The SMILES string of the molecule is CC(C)CCCC(C)NC(C)c1ccc(Cl)cc1. The van der Waals surface area contributed by atoms with Crippen molar-refractivity contribution in [1.82, 2.24) is 5.32 Å². The Morgan fingerprint density at radius 3 is 2.17 bits per heavy atom. The zero-order valence-corrected chi connectivity index (χ0v) is 12.8. The quantitative estimate of drug-likeness (QED) is 0.715. The van der Waals surface area contributed by atoms with Crippen LogP contribution in [0.1, 0.15) is 58.6 Å². The molecule has 18 heavy (non-hydrogen) atoms. The Hall–Kier alpha value is -0.530. The second-order valence-corrected chi connectivity index (χ2v) is 6.10. The highest BCUT2D eigenvalue weighted by Crippen LogP contribution is 2.17. The molecule has 0 heterocycles. The summed E-state index contributed by atoms with van der Waals surface area (Å²) in [5.74, 6) is 0.811. The highest BCUT2D eigenvalue weighted by atomic mass is 35.5. The topological polar surface area (TPSA) is 12.0 Å². The molecule has 2 unspecified atom stereocenters. The third-order valence-electron chi connectivity index (χ3n) is 3.32. The lowest BCUT2D eigenvalue weighted by molar-refractivity contribution is 0.424. The van der Waals surface area contributed by atoms with Crippen molar-refractivity contribution in [3.63, 3.8) is 0 Å². The number of rotatable bonds is 7. The molecule has 0 spiro atoms. The molecule has 0 saturated carbocycles. The monoisotopic (exact) mass is 267 g/mol. The predicted molar refractivity (Wildman–Crippen MR) is 81.2 cm³/mol. The van der Waals surface area contributed by atoms with E-state index in [1.54, 1.807) is 0 Å². The molecule has 1 rings (SSSR count). The van der Waals surface area contributed by atoms with Gasteiger partial charge in [-0.3, -0.25) is 0 Å². The Bertz CT molecular complexity index is 331. The summed E-state index contributed by atoms with van der Waals surface area (Å²) in [6.07, 6.45) is 3.87. The lowest BCUT2D eigenvalue weighted by Gasteiger charge is -2.20. The van der Waals surface area contributed by atoms with E-state index < -0.39 is 0 Å². The molecule has 0 amide bonds. The molecule has 0 radical (unpaired) electrons. The van der Waals surface area contributed by atoms with Gasteiger partial charge in [-0.05, 0) is 43.9 Å². The van der Waals surface area contributed by atoms with Crippen molar-refractivity contribution >= 4 is 11.6 Å². The molecule has 0 fully saturated rings. The van der Waals surface area contributed by atoms with Crippen molar-refractivity contribution in [2.24, 2.45) is 5.92 Å². The summed E-state index contributed by atoms with van der Waals surface area (Å²) in [7, 11) is 0. The molecule has 2 heteroatoms. The van der Waals surface area contributed by atoms with Gasteiger partial charge in [0, 0.05) is 17.1 Å². The Morgan fingerprint density at radius 1 is 1.00 bits per heavy atom. The van der Waals surface area contributed by atoms with Crippen LogP contribution < -0.4 is 5.32 Å². The van der Waals surface area contributed by atoms with Crippen molar-refractivity contribution < 1.29 is 0 Å². The largest absolute Gasteiger partial charge is 0.308 e. The molecular weight excluding hydrogens is 242 g/mol. The lowest BCUT2D eigenvalue weighted by atomic mass is 10.0. The first-order chi connectivity index (χ1) is 8.49. The molecule has 2 atom stereocenters. The van der Waals surface area contributed by atoms with Gasteiger partial charge in [-0.15, -0.1) is 0 Å². The predicted octanol–water partition coefficient (Wildman–Crippen LogP) is 5.21. The zero-order chi connectivity index (χ0) is 13.5. The van der Waals surface area contributed by atoms with Crippen LogP contribution >= 0.6 is 11.6 Å². The summed E-state index contributed by atoms with van der Waals surface area (Å²) in [4.78, 5) is 0.